The molecule has 8 unspecified atom stereocenters. The summed E-state index contributed by atoms with van der Waals surface area (Å²) in [7, 11) is -0.408. The number of hydrogen-bond acceptors (Lipinski definition) is 12. The first kappa shape index (κ1) is 31.2. The Morgan fingerprint density at radius 1 is 1.33 bits per heavy atom. The van der Waals surface area contributed by atoms with Crippen LogP contribution >= 0.6 is 8.96 Å². The molecule has 1 aliphatic rings. The van der Waals surface area contributed by atoms with Gasteiger partial charge in [-0.15, -0.1) is 6.58 Å². The second-order valence-corrected chi connectivity index (χ2v) is 9.84. The maximum Gasteiger partial charge on any atom is 0.289 e. The molecule has 0 amide bonds. The Morgan fingerprint density at radius 2 is 2.08 bits per heavy atom. The van der Waals surface area contributed by atoms with Gasteiger partial charge in [0.2, 0.25) is 11.8 Å². The van der Waals surface area contributed by atoms with Crippen LogP contribution in [0.4, 0.5) is 14.7 Å². The summed E-state index contributed by atoms with van der Waals surface area (Å²) in [5.41, 5.74) is 6.56. The number of rotatable bonds is 15. The molecule has 0 radical (unpaired) electrons. The lowest BCUT2D eigenvalue weighted by atomic mass is 9.91. The normalized spacial score (nSPS) is 25.7. The van der Waals surface area contributed by atoms with Crippen molar-refractivity contribution in [2.75, 3.05) is 25.6 Å². The Balaban J connectivity index is 1.63. The van der Waals surface area contributed by atoms with Crippen LogP contribution in [0.2, 0.25) is 0 Å². The molecule has 1 aliphatic heterocycles. The van der Waals surface area contributed by atoms with Gasteiger partial charge in [-0.3, -0.25) is 9.65 Å². The van der Waals surface area contributed by atoms with Crippen LogP contribution < -0.4 is 15.6 Å². The lowest BCUT2D eigenvalue weighted by molar-refractivity contribution is -0.224. The van der Waals surface area contributed by atoms with Crippen molar-refractivity contribution in [2.24, 2.45) is 5.92 Å². The Hall–Kier alpha value is -2.36. The molecule has 39 heavy (non-hydrogen) atoms. The number of nitrogens with two attached hydrogens (primary N) is 1. The number of hydrogen-bond donors (Lipinski definition) is 5. The molecule has 0 saturated carbocycles. The SMILES string of the molecule is C=CCCOc1nc(N)nc2c1ncn2C1OC(COPNC(C)C(O)OCC(F)(F)C=C)C(O)C(O)C1C. The van der Waals surface area contributed by atoms with Crippen molar-refractivity contribution in [1.29, 1.82) is 0 Å². The first-order valence-electron chi connectivity index (χ1n) is 12.2. The van der Waals surface area contributed by atoms with Gasteiger partial charge in [-0.25, -0.2) is 4.98 Å². The highest BCUT2D eigenvalue weighted by Crippen LogP contribution is 2.36. The van der Waals surface area contributed by atoms with Gasteiger partial charge in [0.05, 0.1) is 40.6 Å². The van der Waals surface area contributed by atoms with Crippen molar-refractivity contribution in [3.05, 3.63) is 31.6 Å². The van der Waals surface area contributed by atoms with Crippen LogP contribution in [-0.4, -0.2) is 91.2 Å². The third kappa shape index (κ3) is 7.86. The van der Waals surface area contributed by atoms with Crippen LogP contribution in [-0.2, 0) is 14.0 Å². The van der Waals surface area contributed by atoms with Crippen molar-refractivity contribution in [3.63, 3.8) is 0 Å². The number of alkyl halides is 2. The van der Waals surface area contributed by atoms with Crippen molar-refractivity contribution in [2.45, 2.75) is 63.1 Å². The van der Waals surface area contributed by atoms with Crippen LogP contribution in [0.1, 0.15) is 26.5 Å². The number of nitrogen functional groups attached to an aromatic ring is 1. The second-order valence-electron chi connectivity index (χ2n) is 9.06. The molecule has 0 aromatic carbocycles. The van der Waals surface area contributed by atoms with Gasteiger partial charge in [-0.1, -0.05) is 19.6 Å². The fourth-order valence-corrected chi connectivity index (χ4v) is 4.36. The van der Waals surface area contributed by atoms with E-state index < -0.39 is 64.3 Å². The molecule has 1 fully saturated rings. The highest BCUT2D eigenvalue weighted by atomic mass is 31.1. The highest BCUT2D eigenvalue weighted by molar-refractivity contribution is 7.29. The number of aliphatic hydroxyl groups is 3. The molecule has 1 saturated heterocycles. The fraction of sp³-hybridized carbons (Fsp3) is 0.609. The van der Waals surface area contributed by atoms with Gasteiger partial charge in [0, 0.05) is 5.92 Å². The molecule has 3 heterocycles. The van der Waals surface area contributed by atoms with Crippen LogP contribution in [0, 0.1) is 5.92 Å². The minimum absolute atomic E-state index is 0.0393. The molecule has 0 bridgehead atoms. The summed E-state index contributed by atoms with van der Waals surface area (Å²) >= 11 is 0. The second kappa shape index (κ2) is 13.8. The third-order valence-corrected chi connectivity index (χ3v) is 6.94. The van der Waals surface area contributed by atoms with Crippen LogP contribution in [0.25, 0.3) is 11.2 Å². The molecule has 0 spiro atoms. The quantitative estimate of drug-likeness (QED) is 0.0889. The smallest absolute Gasteiger partial charge is 0.289 e. The summed E-state index contributed by atoms with van der Waals surface area (Å²) in [5, 5.41) is 34.0. The predicted octanol–water partition coefficient (Wildman–Crippen LogP) is 1.28. The minimum Gasteiger partial charge on any atom is -0.476 e. The Kier molecular flexibility index (Phi) is 11.0. The fourth-order valence-electron chi connectivity index (χ4n) is 3.70. The van der Waals surface area contributed by atoms with Crippen molar-refractivity contribution in [1.82, 2.24) is 24.6 Å². The van der Waals surface area contributed by atoms with E-state index in [1.807, 2.05) is 0 Å². The molecule has 2 aromatic rings. The molecule has 6 N–H and O–H groups in total. The lowest BCUT2D eigenvalue weighted by Crippen LogP contribution is -2.53. The van der Waals surface area contributed by atoms with Gasteiger partial charge in [0.25, 0.3) is 5.92 Å². The van der Waals surface area contributed by atoms with E-state index in [1.54, 1.807) is 17.6 Å². The number of fused-ring (bicyclic) bond motifs is 1. The van der Waals surface area contributed by atoms with Crippen molar-refractivity contribution < 1.29 is 42.8 Å². The van der Waals surface area contributed by atoms with E-state index in [-0.39, 0.29) is 18.4 Å². The topological polar surface area (TPSA) is 179 Å². The minimum atomic E-state index is -3.26. The largest absolute Gasteiger partial charge is 0.476 e. The zero-order valence-electron chi connectivity index (χ0n) is 21.6. The lowest BCUT2D eigenvalue weighted by Gasteiger charge is -2.41. The van der Waals surface area contributed by atoms with E-state index in [1.165, 1.54) is 13.3 Å². The number of imidazole rings is 1. The van der Waals surface area contributed by atoms with Crippen molar-refractivity contribution >= 4 is 26.1 Å². The average Bonchev–Trinajstić information content (AvgIpc) is 3.33. The number of ether oxygens (including phenoxy) is 3. The number of aromatic nitrogens is 4. The molecule has 2 aromatic heterocycles. The molecule has 0 aliphatic carbocycles. The first-order valence-corrected chi connectivity index (χ1v) is 13.1. The van der Waals surface area contributed by atoms with Crippen LogP contribution in [0.3, 0.4) is 0 Å². The molecule has 13 nitrogen and oxygen atoms in total. The standard InChI is InChI=1S/C23H35F2N6O7P/c1-5-7-8-35-19-15-18(28-22(26)29-19)31(11-27-15)20-12(3)16(32)17(33)14(38-20)9-37-39-30-13(4)21(34)36-10-23(24,25)6-2/h5-6,11-14,16-17,20-21,30,32-34,39H,1-2,7-10H2,3-4H3,(H2,26,28,29). The van der Waals surface area contributed by atoms with Gasteiger partial charge in [-0.05, 0) is 19.4 Å². The maximum atomic E-state index is 13.2. The molecule has 3 rings (SSSR count). The molecule has 16 heteroatoms. The van der Waals surface area contributed by atoms with Gasteiger partial charge < -0.3 is 39.8 Å². The Labute approximate surface area is 225 Å². The monoisotopic (exact) mass is 576 g/mol. The van der Waals surface area contributed by atoms with E-state index in [2.05, 4.69) is 33.2 Å². The molecule has 8 atom stereocenters. The van der Waals surface area contributed by atoms with Gasteiger partial charge >= 0.3 is 0 Å². The van der Waals surface area contributed by atoms with Crippen LogP contribution in [0.15, 0.2) is 31.6 Å². The zero-order valence-corrected chi connectivity index (χ0v) is 22.6. The summed E-state index contributed by atoms with van der Waals surface area (Å²) in [4.78, 5) is 12.7. The first-order chi connectivity index (χ1) is 18.5. The van der Waals surface area contributed by atoms with E-state index in [4.69, 9.17) is 24.5 Å². The number of nitrogens with one attached hydrogen (secondary N) is 1. The van der Waals surface area contributed by atoms with Gasteiger partial charge in [0.15, 0.2) is 17.5 Å². The predicted molar refractivity (Wildman–Crippen MR) is 139 cm³/mol. The van der Waals surface area contributed by atoms with E-state index in [0.717, 1.165) is 0 Å². The Bertz CT molecular complexity index is 1110. The maximum absolute atomic E-state index is 13.2. The van der Waals surface area contributed by atoms with E-state index in [0.29, 0.717) is 30.3 Å². The van der Waals surface area contributed by atoms with Gasteiger partial charge in [-0.2, -0.15) is 18.7 Å². The zero-order chi connectivity index (χ0) is 28.7. The molecular formula is C23H35F2N6O7P. The summed E-state index contributed by atoms with van der Waals surface area (Å²) < 4.78 is 50.1. The summed E-state index contributed by atoms with van der Waals surface area (Å²) in [5.74, 6) is -3.68. The number of halogens is 2. The summed E-state index contributed by atoms with van der Waals surface area (Å²) in [6.07, 6.45) is -1.51. The number of aliphatic hydroxyl groups excluding tert-OH is 3. The molecule has 218 valence electrons. The number of nitrogens with zero attached hydrogens (tertiary/aromatic N) is 4. The highest BCUT2D eigenvalue weighted by Gasteiger charge is 2.43. The van der Waals surface area contributed by atoms with Gasteiger partial charge in [0.1, 0.15) is 25.0 Å². The number of anilines is 1. The average molecular weight is 577 g/mol. The Morgan fingerprint density at radius 3 is 2.77 bits per heavy atom. The van der Waals surface area contributed by atoms with Crippen molar-refractivity contribution in [3.8, 4) is 5.88 Å². The molecular weight excluding hydrogens is 541 g/mol. The van der Waals surface area contributed by atoms with Crippen LogP contribution in [0.5, 0.6) is 5.88 Å². The third-order valence-electron chi connectivity index (χ3n) is 6.05. The summed E-state index contributed by atoms with van der Waals surface area (Å²) in [6, 6.07) is -0.746. The van der Waals surface area contributed by atoms with E-state index in [9.17, 15) is 24.1 Å². The van der Waals surface area contributed by atoms with E-state index >= 15 is 0 Å². The summed E-state index contributed by atoms with van der Waals surface area (Å²) in [6.45, 7) is 9.06.